The monoisotopic (exact) mass is 234 g/mol. The lowest BCUT2D eigenvalue weighted by Crippen LogP contribution is -1.97. The molecule has 0 N–H and O–H groups in total. The fraction of sp³-hybridized carbons (Fsp3) is 0.625. The summed E-state index contributed by atoms with van der Waals surface area (Å²) in [5.74, 6) is 1.60. The van der Waals surface area contributed by atoms with Gasteiger partial charge in [0, 0.05) is 0 Å². The molecule has 1 rings (SSSR count). The molecule has 1 nitrogen and oxygen atoms in total. The van der Waals surface area contributed by atoms with E-state index in [0.29, 0.717) is 5.92 Å². The third-order valence-electron chi connectivity index (χ3n) is 3.06. The highest BCUT2D eigenvalue weighted by atomic mass is 16.5. The Kier molecular flexibility index (Phi) is 6.76. The second kappa shape index (κ2) is 8.16. The summed E-state index contributed by atoms with van der Waals surface area (Å²) in [6.07, 6.45) is 6.45. The van der Waals surface area contributed by atoms with Crippen molar-refractivity contribution in [3.63, 3.8) is 0 Å². The second-order valence-electron chi connectivity index (χ2n) is 4.99. The van der Waals surface area contributed by atoms with Crippen LogP contribution in [-0.2, 0) is 0 Å². The molecule has 0 amide bonds. The van der Waals surface area contributed by atoms with E-state index in [1.807, 2.05) is 0 Å². The maximum Gasteiger partial charge on any atom is 0.119 e. The fourth-order valence-electron chi connectivity index (χ4n) is 1.84. The molecule has 0 fully saturated rings. The Hall–Kier alpha value is -0.980. The third-order valence-corrected chi connectivity index (χ3v) is 3.06. The SMILES string of the molecule is CCCCCCCOc1ccc(C(C)C)cc1. The molecule has 0 saturated carbocycles. The smallest absolute Gasteiger partial charge is 0.119 e. The first kappa shape index (κ1) is 14.1. The van der Waals surface area contributed by atoms with Crippen LogP contribution in [-0.4, -0.2) is 6.61 Å². The first-order valence-electron chi connectivity index (χ1n) is 6.96. The topological polar surface area (TPSA) is 9.23 Å². The first-order chi connectivity index (χ1) is 8.24. The van der Waals surface area contributed by atoms with Crippen molar-refractivity contribution in [1.82, 2.24) is 0 Å². The second-order valence-corrected chi connectivity index (χ2v) is 4.99. The van der Waals surface area contributed by atoms with E-state index in [-0.39, 0.29) is 0 Å². The molecule has 0 unspecified atom stereocenters. The van der Waals surface area contributed by atoms with E-state index in [2.05, 4.69) is 45.0 Å². The lowest BCUT2D eigenvalue weighted by atomic mass is 10.0. The molecule has 0 heterocycles. The summed E-state index contributed by atoms with van der Waals surface area (Å²) in [6.45, 7) is 7.52. The normalized spacial score (nSPS) is 10.8. The Morgan fingerprint density at radius 2 is 1.59 bits per heavy atom. The summed E-state index contributed by atoms with van der Waals surface area (Å²) >= 11 is 0. The number of ether oxygens (including phenoxy) is 1. The van der Waals surface area contributed by atoms with Crippen LogP contribution in [0, 0.1) is 0 Å². The van der Waals surface area contributed by atoms with Crippen LogP contribution < -0.4 is 4.74 Å². The van der Waals surface area contributed by atoms with Gasteiger partial charge in [-0.25, -0.2) is 0 Å². The van der Waals surface area contributed by atoms with Crippen LogP contribution >= 0.6 is 0 Å². The van der Waals surface area contributed by atoms with Crippen molar-refractivity contribution < 1.29 is 4.74 Å². The van der Waals surface area contributed by atoms with Crippen molar-refractivity contribution in [2.75, 3.05) is 6.61 Å². The zero-order chi connectivity index (χ0) is 12.5. The average molecular weight is 234 g/mol. The van der Waals surface area contributed by atoms with Gasteiger partial charge in [-0.3, -0.25) is 0 Å². The van der Waals surface area contributed by atoms with Gasteiger partial charge in [0.25, 0.3) is 0 Å². The third kappa shape index (κ3) is 5.76. The van der Waals surface area contributed by atoms with Crippen LogP contribution in [0.25, 0.3) is 0 Å². The number of hydrogen-bond acceptors (Lipinski definition) is 1. The minimum Gasteiger partial charge on any atom is -0.494 e. The highest BCUT2D eigenvalue weighted by molar-refractivity contribution is 5.28. The summed E-state index contributed by atoms with van der Waals surface area (Å²) in [7, 11) is 0. The zero-order valence-electron chi connectivity index (χ0n) is 11.5. The summed E-state index contributed by atoms with van der Waals surface area (Å²) in [5.41, 5.74) is 1.38. The van der Waals surface area contributed by atoms with Gasteiger partial charge < -0.3 is 4.74 Å². The molecule has 96 valence electrons. The molecule has 0 spiro atoms. The maximum absolute atomic E-state index is 5.72. The van der Waals surface area contributed by atoms with Crippen LogP contribution in [0.1, 0.15) is 64.4 Å². The van der Waals surface area contributed by atoms with Crippen molar-refractivity contribution in [1.29, 1.82) is 0 Å². The van der Waals surface area contributed by atoms with Crippen LogP contribution in [0.2, 0.25) is 0 Å². The van der Waals surface area contributed by atoms with Gasteiger partial charge in [0.15, 0.2) is 0 Å². The van der Waals surface area contributed by atoms with E-state index in [0.717, 1.165) is 12.4 Å². The number of hydrogen-bond donors (Lipinski definition) is 0. The van der Waals surface area contributed by atoms with Gasteiger partial charge in [-0.1, -0.05) is 58.6 Å². The molecular weight excluding hydrogens is 208 g/mol. The predicted octanol–water partition coefficient (Wildman–Crippen LogP) is 5.16. The number of unbranched alkanes of at least 4 members (excludes halogenated alkanes) is 4. The van der Waals surface area contributed by atoms with Crippen molar-refractivity contribution in [3.8, 4) is 5.75 Å². The summed E-state index contributed by atoms with van der Waals surface area (Å²) in [5, 5.41) is 0. The quantitative estimate of drug-likeness (QED) is 0.564. The lowest BCUT2D eigenvalue weighted by Gasteiger charge is -2.08. The first-order valence-corrected chi connectivity index (χ1v) is 6.96. The highest BCUT2D eigenvalue weighted by Crippen LogP contribution is 2.18. The van der Waals surface area contributed by atoms with E-state index in [1.165, 1.54) is 37.7 Å². The van der Waals surface area contributed by atoms with E-state index < -0.39 is 0 Å². The standard InChI is InChI=1S/C16H26O/c1-4-5-6-7-8-13-17-16-11-9-15(10-12-16)14(2)3/h9-12,14H,4-8,13H2,1-3H3. The van der Waals surface area contributed by atoms with Crippen LogP contribution in [0.4, 0.5) is 0 Å². The van der Waals surface area contributed by atoms with Crippen molar-refractivity contribution >= 4 is 0 Å². The van der Waals surface area contributed by atoms with E-state index in [9.17, 15) is 0 Å². The summed E-state index contributed by atoms with van der Waals surface area (Å²) in [6, 6.07) is 8.50. The average Bonchev–Trinajstić information content (AvgIpc) is 2.34. The molecule has 0 aliphatic heterocycles. The van der Waals surface area contributed by atoms with Crippen LogP contribution in [0.15, 0.2) is 24.3 Å². The molecule has 0 saturated heterocycles. The molecule has 0 atom stereocenters. The molecule has 17 heavy (non-hydrogen) atoms. The largest absolute Gasteiger partial charge is 0.494 e. The number of rotatable bonds is 8. The lowest BCUT2D eigenvalue weighted by molar-refractivity contribution is 0.304. The van der Waals surface area contributed by atoms with Gasteiger partial charge in [-0.15, -0.1) is 0 Å². The molecule has 1 aromatic carbocycles. The van der Waals surface area contributed by atoms with Crippen molar-refractivity contribution in [3.05, 3.63) is 29.8 Å². The maximum atomic E-state index is 5.72. The molecule has 0 aliphatic rings. The Morgan fingerprint density at radius 3 is 2.18 bits per heavy atom. The highest BCUT2D eigenvalue weighted by Gasteiger charge is 1.99. The Balaban J connectivity index is 2.19. The Bertz CT molecular complexity index is 287. The van der Waals surface area contributed by atoms with Crippen LogP contribution in [0.5, 0.6) is 5.75 Å². The van der Waals surface area contributed by atoms with Gasteiger partial charge in [0.2, 0.25) is 0 Å². The molecule has 0 radical (unpaired) electrons. The summed E-state index contributed by atoms with van der Waals surface area (Å²) < 4.78 is 5.72. The van der Waals surface area contributed by atoms with Gasteiger partial charge in [-0.2, -0.15) is 0 Å². The summed E-state index contributed by atoms with van der Waals surface area (Å²) in [4.78, 5) is 0. The van der Waals surface area contributed by atoms with Crippen molar-refractivity contribution in [2.45, 2.75) is 58.8 Å². The molecular formula is C16H26O. The van der Waals surface area contributed by atoms with Gasteiger partial charge >= 0.3 is 0 Å². The Morgan fingerprint density at radius 1 is 0.941 bits per heavy atom. The van der Waals surface area contributed by atoms with E-state index in [1.54, 1.807) is 0 Å². The minimum absolute atomic E-state index is 0.595. The predicted molar refractivity (Wildman–Crippen MR) is 74.8 cm³/mol. The molecule has 0 aromatic heterocycles. The van der Waals surface area contributed by atoms with Gasteiger partial charge in [0.1, 0.15) is 5.75 Å². The van der Waals surface area contributed by atoms with Crippen molar-refractivity contribution in [2.24, 2.45) is 0 Å². The molecule has 0 aliphatic carbocycles. The van der Waals surface area contributed by atoms with Gasteiger partial charge in [0.05, 0.1) is 6.61 Å². The van der Waals surface area contributed by atoms with E-state index >= 15 is 0 Å². The minimum atomic E-state index is 0.595. The molecule has 1 aromatic rings. The van der Waals surface area contributed by atoms with Gasteiger partial charge in [-0.05, 0) is 30.0 Å². The number of benzene rings is 1. The van der Waals surface area contributed by atoms with E-state index in [4.69, 9.17) is 4.74 Å². The Labute approximate surface area is 106 Å². The fourth-order valence-corrected chi connectivity index (χ4v) is 1.84. The molecule has 1 heteroatoms. The zero-order valence-corrected chi connectivity index (χ0v) is 11.5. The van der Waals surface area contributed by atoms with Crippen LogP contribution in [0.3, 0.4) is 0 Å². The molecule has 0 bridgehead atoms.